The Kier molecular flexibility index (Phi) is 3.24. The monoisotopic (exact) mass is 198 g/mol. The van der Waals surface area contributed by atoms with Crippen molar-refractivity contribution in [2.75, 3.05) is 7.11 Å². The van der Waals surface area contributed by atoms with Crippen LogP contribution in [-0.2, 0) is 11.3 Å². The molecule has 1 aromatic heterocycles. The van der Waals surface area contributed by atoms with Gasteiger partial charge in [-0.15, -0.1) is 0 Å². The van der Waals surface area contributed by atoms with Crippen LogP contribution in [-0.4, -0.2) is 28.0 Å². The van der Waals surface area contributed by atoms with Crippen LogP contribution in [0.2, 0.25) is 0 Å². The number of carbonyl (C=O) groups is 1. The van der Waals surface area contributed by atoms with Crippen molar-refractivity contribution in [3.63, 3.8) is 0 Å². The number of ether oxygens (including phenoxy) is 1. The lowest BCUT2D eigenvalue weighted by Gasteiger charge is -2.07. The van der Waals surface area contributed by atoms with E-state index in [0.717, 1.165) is 0 Å². The SMILES string of the molecule is COCc1cc(C(=O)O)n(C(C)C)n1. The highest BCUT2D eigenvalue weighted by Gasteiger charge is 2.15. The number of nitrogens with zero attached hydrogens (tertiary/aromatic N) is 2. The summed E-state index contributed by atoms with van der Waals surface area (Å²) in [7, 11) is 1.55. The molecule has 1 N–H and O–H groups in total. The molecule has 0 aliphatic heterocycles. The molecule has 1 aromatic rings. The van der Waals surface area contributed by atoms with Crippen molar-refractivity contribution >= 4 is 5.97 Å². The number of carboxylic acid groups (broad SMARTS) is 1. The number of hydrogen-bond donors (Lipinski definition) is 1. The van der Waals surface area contributed by atoms with Gasteiger partial charge < -0.3 is 9.84 Å². The smallest absolute Gasteiger partial charge is 0.354 e. The average molecular weight is 198 g/mol. The highest BCUT2D eigenvalue weighted by Crippen LogP contribution is 2.11. The normalized spacial score (nSPS) is 10.9. The standard InChI is InChI=1S/C9H14N2O3/c1-6(2)11-8(9(12)13)4-7(10-11)5-14-3/h4,6H,5H2,1-3H3,(H,12,13). The van der Waals surface area contributed by atoms with E-state index in [1.807, 2.05) is 13.8 Å². The van der Waals surface area contributed by atoms with E-state index < -0.39 is 5.97 Å². The van der Waals surface area contributed by atoms with Crippen LogP contribution in [0.3, 0.4) is 0 Å². The van der Waals surface area contributed by atoms with E-state index >= 15 is 0 Å². The predicted octanol–water partition coefficient (Wildman–Crippen LogP) is 1.31. The van der Waals surface area contributed by atoms with Crippen molar-refractivity contribution in [3.8, 4) is 0 Å². The zero-order valence-corrected chi connectivity index (χ0v) is 8.52. The van der Waals surface area contributed by atoms with Gasteiger partial charge in [-0.2, -0.15) is 5.10 Å². The third-order valence-electron chi connectivity index (χ3n) is 1.79. The third-order valence-corrected chi connectivity index (χ3v) is 1.79. The van der Waals surface area contributed by atoms with Crippen molar-refractivity contribution in [1.29, 1.82) is 0 Å². The minimum Gasteiger partial charge on any atom is -0.477 e. The number of carboxylic acids is 1. The molecule has 0 radical (unpaired) electrons. The molecule has 0 bridgehead atoms. The van der Waals surface area contributed by atoms with Crippen molar-refractivity contribution in [2.45, 2.75) is 26.5 Å². The Morgan fingerprint density at radius 2 is 2.36 bits per heavy atom. The molecule has 5 nitrogen and oxygen atoms in total. The lowest BCUT2D eigenvalue weighted by Crippen LogP contribution is -2.11. The molecule has 0 fully saturated rings. The minimum atomic E-state index is -0.964. The fourth-order valence-corrected chi connectivity index (χ4v) is 1.22. The van der Waals surface area contributed by atoms with Gasteiger partial charge in [0.2, 0.25) is 0 Å². The van der Waals surface area contributed by atoms with Crippen molar-refractivity contribution in [1.82, 2.24) is 9.78 Å². The first-order chi connectivity index (χ1) is 6.56. The van der Waals surface area contributed by atoms with Crippen LogP contribution in [0.15, 0.2) is 6.07 Å². The quantitative estimate of drug-likeness (QED) is 0.792. The summed E-state index contributed by atoms with van der Waals surface area (Å²) in [5.41, 5.74) is 0.839. The second kappa shape index (κ2) is 4.23. The summed E-state index contributed by atoms with van der Waals surface area (Å²) in [6.07, 6.45) is 0. The van der Waals surface area contributed by atoms with Gasteiger partial charge in [0.15, 0.2) is 0 Å². The fraction of sp³-hybridized carbons (Fsp3) is 0.556. The number of rotatable bonds is 4. The number of aromatic carboxylic acids is 1. The second-order valence-corrected chi connectivity index (χ2v) is 3.30. The highest BCUT2D eigenvalue weighted by atomic mass is 16.5. The van der Waals surface area contributed by atoms with Gasteiger partial charge in [0.05, 0.1) is 12.3 Å². The van der Waals surface area contributed by atoms with Crippen molar-refractivity contribution in [2.24, 2.45) is 0 Å². The van der Waals surface area contributed by atoms with Gasteiger partial charge >= 0.3 is 5.97 Å². The molecule has 0 spiro atoms. The number of methoxy groups -OCH3 is 1. The second-order valence-electron chi connectivity index (χ2n) is 3.30. The van der Waals surface area contributed by atoms with E-state index in [4.69, 9.17) is 9.84 Å². The van der Waals surface area contributed by atoms with Crippen molar-refractivity contribution in [3.05, 3.63) is 17.5 Å². The molecule has 14 heavy (non-hydrogen) atoms. The summed E-state index contributed by atoms with van der Waals surface area (Å²) in [5.74, 6) is -0.964. The zero-order valence-electron chi connectivity index (χ0n) is 8.52. The Morgan fingerprint density at radius 1 is 1.71 bits per heavy atom. The van der Waals surface area contributed by atoms with Gasteiger partial charge in [0.1, 0.15) is 5.69 Å². The van der Waals surface area contributed by atoms with Crippen LogP contribution in [0, 0.1) is 0 Å². The molecular formula is C9H14N2O3. The molecule has 0 unspecified atom stereocenters. The van der Waals surface area contributed by atoms with Gasteiger partial charge in [-0.25, -0.2) is 4.79 Å². The average Bonchev–Trinajstić information content (AvgIpc) is 2.49. The molecule has 0 aromatic carbocycles. The lowest BCUT2D eigenvalue weighted by atomic mass is 10.3. The maximum Gasteiger partial charge on any atom is 0.354 e. The number of aromatic nitrogens is 2. The predicted molar refractivity (Wildman–Crippen MR) is 50.3 cm³/mol. The molecule has 0 aliphatic rings. The molecule has 1 rings (SSSR count). The lowest BCUT2D eigenvalue weighted by molar-refractivity contribution is 0.0681. The van der Waals surface area contributed by atoms with Crippen LogP contribution < -0.4 is 0 Å². The maximum absolute atomic E-state index is 10.8. The van der Waals surface area contributed by atoms with E-state index in [1.165, 1.54) is 10.7 Å². The van der Waals surface area contributed by atoms with Gasteiger partial charge in [0, 0.05) is 13.2 Å². The van der Waals surface area contributed by atoms with E-state index in [-0.39, 0.29) is 11.7 Å². The maximum atomic E-state index is 10.8. The van der Waals surface area contributed by atoms with E-state index in [2.05, 4.69) is 5.10 Å². The molecule has 0 saturated heterocycles. The van der Waals surface area contributed by atoms with E-state index in [9.17, 15) is 4.79 Å². The van der Waals surface area contributed by atoms with E-state index in [0.29, 0.717) is 12.3 Å². The first-order valence-electron chi connectivity index (χ1n) is 4.37. The molecule has 5 heteroatoms. The topological polar surface area (TPSA) is 64.3 Å². The van der Waals surface area contributed by atoms with Crippen LogP contribution >= 0.6 is 0 Å². The van der Waals surface area contributed by atoms with Gasteiger partial charge in [-0.1, -0.05) is 0 Å². The summed E-state index contributed by atoms with van der Waals surface area (Å²) in [4.78, 5) is 10.8. The fourth-order valence-electron chi connectivity index (χ4n) is 1.22. The van der Waals surface area contributed by atoms with E-state index in [1.54, 1.807) is 7.11 Å². The zero-order chi connectivity index (χ0) is 10.7. The minimum absolute atomic E-state index is 0.0340. The Labute approximate surface area is 82.3 Å². The molecule has 78 valence electrons. The Bertz CT molecular complexity index is 331. The largest absolute Gasteiger partial charge is 0.477 e. The molecule has 1 heterocycles. The van der Waals surface area contributed by atoms with Crippen LogP contribution in [0.5, 0.6) is 0 Å². The molecule has 0 saturated carbocycles. The Balaban J connectivity index is 3.06. The summed E-state index contributed by atoms with van der Waals surface area (Å²) in [5, 5.41) is 13.0. The third kappa shape index (κ3) is 2.11. The summed E-state index contributed by atoms with van der Waals surface area (Å²) in [6, 6.07) is 1.57. The van der Waals surface area contributed by atoms with Crippen LogP contribution in [0.4, 0.5) is 0 Å². The summed E-state index contributed by atoms with van der Waals surface area (Å²) in [6.45, 7) is 4.10. The molecule has 0 amide bonds. The van der Waals surface area contributed by atoms with Crippen LogP contribution in [0.1, 0.15) is 36.1 Å². The van der Waals surface area contributed by atoms with Gasteiger partial charge in [0.25, 0.3) is 0 Å². The number of hydrogen-bond acceptors (Lipinski definition) is 3. The van der Waals surface area contributed by atoms with Crippen molar-refractivity contribution < 1.29 is 14.6 Å². The van der Waals surface area contributed by atoms with Gasteiger partial charge in [-0.05, 0) is 19.9 Å². The summed E-state index contributed by atoms with van der Waals surface area (Å²) >= 11 is 0. The Morgan fingerprint density at radius 3 is 2.71 bits per heavy atom. The Hall–Kier alpha value is -1.36. The molecular weight excluding hydrogens is 184 g/mol. The first kappa shape index (κ1) is 10.7. The van der Waals surface area contributed by atoms with Crippen LogP contribution in [0.25, 0.3) is 0 Å². The molecule has 0 aliphatic carbocycles. The van der Waals surface area contributed by atoms with Gasteiger partial charge in [-0.3, -0.25) is 4.68 Å². The first-order valence-corrected chi connectivity index (χ1v) is 4.37. The molecule has 0 atom stereocenters. The highest BCUT2D eigenvalue weighted by molar-refractivity contribution is 5.85. The summed E-state index contributed by atoms with van der Waals surface area (Å²) < 4.78 is 6.37.